The first-order valence-corrected chi connectivity index (χ1v) is 11.1. The van der Waals surface area contributed by atoms with E-state index < -0.39 is 11.9 Å². The van der Waals surface area contributed by atoms with Crippen LogP contribution in [-0.4, -0.2) is 64.6 Å². The molecule has 1 fully saturated rings. The molecule has 1 aromatic heterocycles. The van der Waals surface area contributed by atoms with Crippen molar-refractivity contribution >= 4 is 46.0 Å². The van der Waals surface area contributed by atoms with Gasteiger partial charge in [0.1, 0.15) is 12.1 Å². The molecule has 1 N–H and O–H groups in total. The van der Waals surface area contributed by atoms with Crippen LogP contribution in [0.5, 0.6) is 11.5 Å². The fourth-order valence-electron chi connectivity index (χ4n) is 3.84. The van der Waals surface area contributed by atoms with Gasteiger partial charge in [-0.05, 0) is 31.2 Å². The molecule has 0 radical (unpaired) electrons. The average molecular weight is 500 g/mol. The monoisotopic (exact) mass is 499 g/mol. The summed E-state index contributed by atoms with van der Waals surface area (Å²) in [5.41, 5.74) is 0.624. The minimum atomic E-state index is -0.621. The van der Waals surface area contributed by atoms with Crippen molar-refractivity contribution in [3.05, 3.63) is 60.2 Å². The van der Waals surface area contributed by atoms with Crippen LogP contribution in [0, 0.1) is 5.82 Å². The maximum Gasteiger partial charge on any atom is 0.415 e. The molecule has 182 valence electrons. The van der Waals surface area contributed by atoms with E-state index in [0.717, 1.165) is 0 Å². The zero-order chi connectivity index (χ0) is 25.1. The molecule has 0 saturated carbocycles. The summed E-state index contributed by atoms with van der Waals surface area (Å²) in [5, 5.41) is 3.36. The Hall–Kier alpha value is -3.92. The molecular weight excluding hydrogens is 477 g/mol. The number of nitrogens with one attached hydrogen (secondary N) is 1. The number of aromatic nitrogens is 2. The highest BCUT2D eigenvalue weighted by Gasteiger charge is 2.31. The van der Waals surface area contributed by atoms with Crippen LogP contribution in [0.1, 0.15) is 6.92 Å². The number of nitrogens with zero attached hydrogens (tertiary/aromatic N) is 4. The van der Waals surface area contributed by atoms with Crippen molar-refractivity contribution in [3.8, 4) is 11.5 Å². The molecule has 11 heteroatoms. The number of anilines is 2. The van der Waals surface area contributed by atoms with Crippen molar-refractivity contribution < 1.29 is 23.5 Å². The van der Waals surface area contributed by atoms with E-state index in [2.05, 4.69) is 21.9 Å². The molecule has 4 rings (SSSR count). The van der Waals surface area contributed by atoms with Gasteiger partial charge in [0, 0.05) is 37.1 Å². The molecule has 1 atom stereocenters. The number of hydrogen-bond donors (Lipinski definition) is 1. The van der Waals surface area contributed by atoms with Crippen LogP contribution >= 0.6 is 11.6 Å². The lowest BCUT2D eigenvalue weighted by Crippen LogP contribution is -2.55. The van der Waals surface area contributed by atoms with Gasteiger partial charge in [0.25, 0.3) is 0 Å². The largest absolute Gasteiger partial charge is 0.493 e. The molecule has 35 heavy (non-hydrogen) atoms. The van der Waals surface area contributed by atoms with Gasteiger partial charge in [-0.1, -0.05) is 24.2 Å². The predicted molar refractivity (Wildman–Crippen MR) is 130 cm³/mol. The van der Waals surface area contributed by atoms with Crippen molar-refractivity contribution in [1.82, 2.24) is 19.8 Å². The molecule has 3 aromatic rings. The van der Waals surface area contributed by atoms with Gasteiger partial charge in [0.15, 0.2) is 17.3 Å². The van der Waals surface area contributed by atoms with Crippen LogP contribution < -0.4 is 14.8 Å². The first-order valence-electron chi connectivity index (χ1n) is 10.8. The summed E-state index contributed by atoms with van der Waals surface area (Å²) in [4.78, 5) is 36.5. The van der Waals surface area contributed by atoms with E-state index in [-0.39, 0.29) is 34.2 Å². The first kappa shape index (κ1) is 24.2. The number of fused-ring (bicyclic) bond motifs is 1. The van der Waals surface area contributed by atoms with E-state index >= 15 is 0 Å². The standard InChI is InChI=1S/C24H23ClFN5O4/c1-4-21(32)30-8-9-31(14(2)12-30)24(33)35-20-10-15-18(11-19(20)34-3)27-13-28-23(15)29-17-7-5-6-16(25)22(17)26/h4-7,10-11,13-14H,1,8-9,12H2,2-3H3,(H,27,28,29)/t14-/m1/s1. The van der Waals surface area contributed by atoms with Crippen LogP contribution in [-0.2, 0) is 4.79 Å². The molecule has 9 nitrogen and oxygen atoms in total. The number of halogens is 2. The minimum Gasteiger partial charge on any atom is -0.493 e. The summed E-state index contributed by atoms with van der Waals surface area (Å²) >= 11 is 5.89. The minimum absolute atomic E-state index is 0.0337. The number of carbonyl (C=O) groups excluding carboxylic acids is 2. The van der Waals surface area contributed by atoms with Gasteiger partial charge in [-0.25, -0.2) is 19.2 Å². The number of hydrogen-bond acceptors (Lipinski definition) is 7. The van der Waals surface area contributed by atoms with Crippen molar-refractivity contribution in [3.63, 3.8) is 0 Å². The summed E-state index contributed by atoms with van der Waals surface area (Å²) in [6, 6.07) is 7.46. The number of benzene rings is 2. The van der Waals surface area contributed by atoms with E-state index in [0.29, 0.717) is 36.4 Å². The molecule has 0 aliphatic carbocycles. The third-order valence-corrected chi connectivity index (χ3v) is 5.96. The van der Waals surface area contributed by atoms with E-state index in [1.807, 2.05) is 6.92 Å². The molecule has 1 aliphatic heterocycles. The Morgan fingerprint density at radius 2 is 2.06 bits per heavy atom. The highest BCUT2D eigenvalue weighted by molar-refractivity contribution is 6.31. The normalized spacial score (nSPS) is 15.6. The Labute approximate surface area is 206 Å². The molecule has 2 aromatic carbocycles. The molecule has 1 aliphatic rings. The summed E-state index contributed by atoms with van der Waals surface area (Å²) in [6.07, 6.45) is 1.99. The third-order valence-electron chi connectivity index (χ3n) is 5.67. The quantitative estimate of drug-likeness (QED) is 0.520. The van der Waals surface area contributed by atoms with Crippen molar-refractivity contribution in [2.24, 2.45) is 0 Å². The van der Waals surface area contributed by atoms with Gasteiger partial charge < -0.3 is 24.6 Å². The van der Waals surface area contributed by atoms with Crippen LogP contribution in [0.25, 0.3) is 10.9 Å². The fraction of sp³-hybridized carbons (Fsp3) is 0.250. The molecule has 0 bridgehead atoms. The Morgan fingerprint density at radius 3 is 2.77 bits per heavy atom. The SMILES string of the molecule is C=CC(=O)N1CCN(C(=O)Oc2cc3c(Nc4cccc(Cl)c4F)ncnc3cc2OC)[C@H](C)C1. The van der Waals surface area contributed by atoms with Gasteiger partial charge in [-0.3, -0.25) is 4.79 Å². The van der Waals surface area contributed by atoms with Gasteiger partial charge in [-0.2, -0.15) is 0 Å². The second kappa shape index (κ2) is 10.1. The molecule has 1 saturated heterocycles. The number of carbonyl (C=O) groups is 2. The Morgan fingerprint density at radius 1 is 1.26 bits per heavy atom. The van der Waals surface area contributed by atoms with Gasteiger partial charge >= 0.3 is 6.09 Å². The Kier molecular flexibility index (Phi) is 7.02. The molecule has 0 spiro atoms. The maximum absolute atomic E-state index is 14.4. The lowest BCUT2D eigenvalue weighted by molar-refractivity contribution is -0.128. The lowest BCUT2D eigenvalue weighted by Gasteiger charge is -2.38. The zero-order valence-electron chi connectivity index (χ0n) is 19.1. The van der Waals surface area contributed by atoms with Gasteiger partial charge in [0.05, 0.1) is 23.3 Å². The van der Waals surface area contributed by atoms with Crippen LogP contribution in [0.4, 0.5) is 20.7 Å². The number of rotatable bonds is 5. The van der Waals surface area contributed by atoms with Crippen molar-refractivity contribution in [2.75, 3.05) is 32.1 Å². The van der Waals surface area contributed by atoms with E-state index in [4.69, 9.17) is 21.1 Å². The Balaban J connectivity index is 1.62. The fourth-order valence-corrected chi connectivity index (χ4v) is 4.02. The van der Waals surface area contributed by atoms with E-state index in [1.165, 1.54) is 31.6 Å². The topological polar surface area (TPSA) is 96.9 Å². The molecule has 2 heterocycles. The average Bonchev–Trinajstić information content (AvgIpc) is 2.86. The molecular formula is C24H23ClFN5O4. The summed E-state index contributed by atoms with van der Waals surface area (Å²) in [5.74, 6) is -0.0776. The summed E-state index contributed by atoms with van der Waals surface area (Å²) in [6.45, 7) is 6.37. The lowest BCUT2D eigenvalue weighted by atomic mass is 10.2. The predicted octanol–water partition coefficient (Wildman–Crippen LogP) is 4.39. The summed E-state index contributed by atoms with van der Waals surface area (Å²) in [7, 11) is 1.45. The van der Waals surface area contributed by atoms with Crippen LogP contribution in [0.2, 0.25) is 5.02 Å². The zero-order valence-corrected chi connectivity index (χ0v) is 19.9. The number of methoxy groups -OCH3 is 1. The second-order valence-corrected chi connectivity index (χ2v) is 8.27. The maximum atomic E-state index is 14.4. The van der Waals surface area contributed by atoms with E-state index in [1.54, 1.807) is 28.0 Å². The van der Waals surface area contributed by atoms with Crippen LogP contribution in [0.3, 0.4) is 0 Å². The molecule has 2 amide bonds. The number of ether oxygens (including phenoxy) is 2. The smallest absolute Gasteiger partial charge is 0.415 e. The van der Waals surface area contributed by atoms with Crippen molar-refractivity contribution in [2.45, 2.75) is 13.0 Å². The van der Waals surface area contributed by atoms with Gasteiger partial charge in [0.2, 0.25) is 5.91 Å². The van der Waals surface area contributed by atoms with Crippen molar-refractivity contribution in [1.29, 1.82) is 0 Å². The highest BCUT2D eigenvalue weighted by atomic mass is 35.5. The second-order valence-electron chi connectivity index (χ2n) is 7.87. The highest BCUT2D eigenvalue weighted by Crippen LogP contribution is 2.36. The van der Waals surface area contributed by atoms with Gasteiger partial charge in [-0.15, -0.1) is 0 Å². The number of amides is 2. The Bertz CT molecular complexity index is 1300. The third kappa shape index (κ3) is 4.97. The first-order chi connectivity index (χ1) is 16.8. The number of piperazine rings is 1. The summed E-state index contributed by atoms with van der Waals surface area (Å²) < 4.78 is 25.5. The van der Waals surface area contributed by atoms with E-state index in [9.17, 15) is 14.0 Å². The van der Waals surface area contributed by atoms with Crippen LogP contribution in [0.15, 0.2) is 49.3 Å². The molecule has 0 unspecified atom stereocenters.